The number of rotatable bonds is 0. The molecule has 0 aromatic heterocycles. The van der Waals surface area contributed by atoms with Crippen molar-refractivity contribution in [2.75, 3.05) is 0 Å². The molecule has 0 radical (unpaired) electrons. The van der Waals surface area contributed by atoms with Crippen LogP contribution in [0, 0.1) is 11.8 Å². The van der Waals surface area contributed by atoms with E-state index in [0.717, 1.165) is 11.8 Å². The molecule has 0 heteroatoms. The van der Waals surface area contributed by atoms with Crippen LogP contribution in [0.5, 0.6) is 0 Å². The lowest BCUT2D eigenvalue weighted by Gasteiger charge is -1.93. The Morgan fingerprint density at radius 3 is 2.57 bits per heavy atom. The molecular formula is C7H10. The van der Waals surface area contributed by atoms with Crippen LogP contribution in [0.3, 0.4) is 0 Å². The molecule has 0 aliphatic heterocycles. The number of hydrogen-bond donors (Lipinski definition) is 0. The molecule has 2 aliphatic carbocycles. The summed E-state index contributed by atoms with van der Waals surface area (Å²) in [6.45, 7) is 2.33. The Labute approximate surface area is 44.2 Å². The van der Waals surface area contributed by atoms with Crippen LogP contribution < -0.4 is 0 Å². The van der Waals surface area contributed by atoms with Gasteiger partial charge in [-0.1, -0.05) is 18.6 Å². The summed E-state index contributed by atoms with van der Waals surface area (Å²) >= 11 is 0. The standard InChI is InChI=1S/C7H10/c1-5-2-3-6-4-7(5)6/h4-6H,2-3H2,1H3/t5-,6-/m1/s1. The van der Waals surface area contributed by atoms with Gasteiger partial charge in [0, 0.05) is 0 Å². The van der Waals surface area contributed by atoms with Gasteiger partial charge in [-0.05, 0) is 24.7 Å². The second kappa shape index (κ2) is 0.936. The Morgan fingerprint density at radius 1 is 1.57 bits per heavy atom. The van der Waals surface area contributed by atoms with Crippen molar-refractivity contribution in [2.24, 2.45) is 11.8 Å². The summed E-state index contributed by atoms with van der Waals surface area (Å²) in [6, 6.07) is 0. The van der Waals surface area contributed by atoms with Crippen LogP contribution in [0.15, 0.2) is 11.6 Å². The predicted molar refractivity (Wildman–Crippen MR) is 30.0 cm³/mol. The lowest BCUT2D eigenvalue weighted by atomic mass is 10.1. The summed E-state index contributed by atoms with van der Waals surface area (Å²) in [6.07, 6.45) is 5.32. The molecule has 7 heavy (non-hydrogen) atoms. The van der Waals surface area contributed by atoms with E-state index in [4.69, 9.17) is 0 Å². The van der Waals surface area contributed by atoms with Crippen molar-refractivity contribution < 1.29 is 0 Å². The second-order valence-electron chi connectivity index (χ2n) is 2.75. The van der Waals surface area contributed by atoms with E-state index < -0.39 is 0 Å². The van der Waals surface area contributed by atoms with Crippen LogP contribution in [0.4, 0.5) is 0 Å². The zero-order valence-electron chi connectivity index (χ0n) is 4.65. The van der Waals surface area contributed by atoms with Gasteiger partial charge in [-0.15, -0.1) is 0 Å². The largest absolute Gasteiger partial charge is 0.0773 e. The fourth-order valence-electron chi connectivity index (χ4n) is 1.56. The molecule has 1 saturated carbocycles. The number of hydrogen-bond acceptors (Lipinski definition) is 0. The summed E-state index contributed by atoms with van der Waals surface area (Å²) in [4.78, 5) is 0. The molecule has 0 aromatic rings. The molecule has 2 atom stereocenters. The molecule has 0 bridgehead atoms. The Hall–Kier alpha value is -0.260. The molecule has 0 amide bonds. The highest BCUT2D eigenvalue weighted by Gasteiger charge is 2.34. The molecule has 2 rings (SSSR count). The number of allylic oxidation sites excluding steroid dienone is 2. The van der Waals surface area contributed by atoms with Gasteiger partial charge in [0.25, 0.3) is 0 Å². The van der Waals surface area contributed by atoms with Crippen LogP contribution in [0.2, 0.25) is 0 Å². The maximum atomic E-state index is 2.41. The monoisotopic (exact) mass is 94.1 g/mol. The van der Waals surface area contributed by atoms with E-state index in [2.05, 4.69) is 13.0 Å². The maximum absolute atomic E-state index is 2.41. The van der Waals surface area contributed by atoms with E-state index in [1.807, 2.05) is 0 Å². The van der Waals surface area contributed by atoms with E-state index in [1.165, 1.54) is 12.8 Å². The van der Waals surface area contributed by atoms with Gasteiger partial charge in [0.15, 0.2) is 0 Å². The van der Waals surface area contributed by atoms with E-state index >= 15 is 0 Å². The molecular weight excluding hydrogens is 84.1 g/mol. The van der Waals surface area contributed by atoms with Crippen molar-refractivity contribution in [3.05, 3.63) is 11.6 Å². The van der Waals surface area contributed by atoms with E-state index in [9.17, 15) is 0 Å². The summed E-state index contributed by atoms with van der Waals surface area (Å²) in [5.74, 6) is 1.93. The van der Waals surface area contributed by atoms with Gasteiger partial charge < -0.3 is 0 Å². The van der Waals surface area contributed by atoms with Crippen molar-refractivity contribution in [3.63, 3.8) is 0 Å². The van der Waals surface area contributed by atoms with Crippen molar-refractivity contribution in [1.82, 2.24) is 0 Å². The summed E-state index contributed by atoms with van der Waals surface area (Å²) in [7, 11) is 0. The molecule has 0 spiro atoms. The van der Waals surface area contributed by atoms with Crippen LogP contribution in [-0.4, -0.2) is 0 Å². The lowest BCUT2D eigenvalue weighted by molar-refractivity contribution is 0.677. The minimum Gasteiger partial charge on any atom is -0.0773 e. The first-order valence-electron chi connectivity index (χ1n) is 3.09. The lowest BCUT2D eigenvalue weighted by Crippen LogP contribution is -1.80. The molecule has 0 heterocycles. The second-order valence-corrected chi connectivity index (χ2v) is 2.75. The minimum atomic E-state index is 0.949. The molecule has 38 valence electrons. The fourth-order valence-corrected chi connectivity index (χ4v) is 1.56. The van der Waals surface area contributed by atoms with Crippen molar-refractivity contribution in [3.8, 4) is 0 Å². The molecule has 0 saturated heterocycles. The normalized spacial score (nSPS) is 45.6. The zero-order chi connectivity index (χ0) is 4.85. The molecule has 0 N–H and O–H groups in total. The molecule has 0 nitrogen and oxygen atoms in total. The SMILES string of the molecule is C[C@@H]1CC[C@@H]2C=C12. The summed E-state index contributed by atoms with van der Waals surface area (Å²) in [5, 5.41) is 0. The average Bonchev–Trinajstić information content (AvgIpc) is 2.33. The third-order valence-corrected chi connectivity index (χ3v) is 2.19. The Morgan fingerprint density at radius 2 is 2.43 bits per heavy atom. The van der Waals surface area contributed by atoms with Crippen molar-refractivity contribution in [2.45, 2.75) is 19.8 Å². The zero-order valence-corrected chi connectivity index (χ0v) is 4.65. The first-order chi connectivity index (χ1) is 3.38. The van der Waals surface area contributed by atoms with Gasteiger partial charge in [0.05, 0.1) is 0 Å². The van der Waals surface area contributed by atoms with Crippen LogP contribution in [0.25, 0.3) is 0 Å². The maximum Gasteiger partial charge on any atom is -0.00172 e. The van der Waals surface area contributed by atoms with Gasteiger partial charge >= 0.3 is 0 Å². The van der Waals surface area contributed by atoms with Crippen LogP contribution in [-0.2, 0) is 0 Å². The quantitative estimate of drug-likeness (QED) is 0.402. The molecule has 1 fully saturated rings. The highest BCUT2D eigenvalue weighted by molar-refractivity contribution is 5.34. The smallest absolute Gasteiger partial charge is 0.00172 e. The fraction of sp³-hybridized carbons (Fsp3) is 0.714. The van der Waals surface area contributed by atoms with E-state index in [0.29, 0.717) is 0 Å². The Balaban J connectivity index is 2.19. The van der Waals surface area contributed by atoms with Gasteiger partial charge in [-0.25, -0.2) is 0 Å². The third-order valence-electron chi connectivity index (χ3n) is 2.19. The van der Waals surface area contributed by atoms with Gasteiger partial charge in [0.2, 0.25) is 0 Å². The summed E-state index contributed by atoms with van der Waals surface area (Å²) < 4.78 is 0. The number of fused-ring (bicyclic) bond motifs is 1. The first kappa shape index (κ1) is 3.71. The van der Waals surface area contributed by atoms with Gasteiger partial charge in [-0.3, -0.25) is 0 Å². The van der Waals surface area contributed by atoms with Crippen molar-refractivity contribution in [1.29, 1.82) is 0 Å². The minimum absolute atomic E-state index is 0.949. The van der Waals surface area contributed by atoms with Gasteiger partial charge in [0.1, 0.15) is 0 Å². The first-order valence-corrected chi connectivity index (χ1v) is 3.09. The van der Waals surface area contributed by atoms with E-state index in [-0.39, 0.29) is 0 Å². The highest BCUT2D eigenvalue weighted by Crippen LogP contribution is 2.47. The van der Waals surface area contributed by atoms with E-state index in [1.54, 1.807) is 5.57 Å². The highest BCUT2D eigenvalue weighted by atomic mass is 14.4. The Bertz CT molecular complexity index is 122. The van der Waals surface area contributed by atoms with Crippen LogP contribution >= 0.6 is 0 Å². The third kappa shape index (κ3) is 0.370. The molecule has 0 unspecified atom stereocenters. The molecule has 2 aliphatic rings. The topological polar surface area (TPSA) is 0 Å². The molecule has 0 aromatic carbocycles. The average molecular weight is 94.2 g/mol. The summed E-state index contributed by atoms with van der Waals surface area (Å²) in [5.41, 5.74) is 1.75. The van der Waals surface area contributed by atoms with Crippen LogP contribution in [0.1, 0.15) is 19.8 Å². The Kier molecular flexibility index (Phi) is 0.495. The predicted octanol–water partition coefficient (Wildman–Crippen LogP) is 1.97. The van der Waals surface area contributed by atoms with Crippen molar-refractivity contribution >= 4 is 0 Å². The van der Waals surface area contributed by atoms with Gasteiger partial charge in [-0.2, -0.15) is 0 Å².